The molecule has 0 atom stereocenters. The van der Waals surface area contributed by atoms with E-state index in [1.165, 1.54) is 17.2 Å². The van der Waals surface area contributed by atoms with E-state index in [4.69, 9.17) is 21.3 Å². The third kappa shape index (κ3) is 5.86. The first-order valence-electron chi connectivity index (χ1n) is 12.8. The van der Waals surface area contributed by atoms with Gasteiger partial charge in [-0.3, -0.25) is 0 Å². The maximum atomic E-state index is 13.3. The average Bonchev–Trinajstić information content (AvgIpc) is 3.68. The topological polar surface area (TPSA) is 94.7 Å². The molecule has 210 valence electrons. The van der Waals surface area contributed by atoms with E-state index in [-0.39, 0.29) is 11.9 Å². The predicted octanol–water partition coefficient (Wildman–Crippen LogP) is 5.92. The van der Waals surface area contributed by atoms with Crippen LogP contribution in [0.5, 0.6) is 5.88 Å². The molecule has 0 aliphatic heterocycles. The van der Waals surface area contributed by atoms with E-state index in [2.05, 4.69) is 24.9 Å². The third-order valence-corrected chi connectivity index (χ3v) is 6.75. The highest BCUT2D eigenvalue weighted by Crippen LogP contribution is 2.44. The van der Waals surface area contributed by atoms with Crippen LogP contribution in [0.2, 0.25) is 0 Å². The Bertz CT molecular complexity index is 1470. The first kappa shape index (κ1) is 27.8. The van der Waals surface area contributed by atoms with Crippen molar-refractivity contribution in [1.82, 2.24) is 34.5 Å². The van der Waals surface area contributed by atoms with Crippen molar-refractivity contribution in [3.05, 3.63) is 60.1 Å². The zero-order valence-corrected chi connectivity index (χ0v) is 23.0. The minimum absolute atomic E-state index is 0.190. The molecule has 0 N–H and O–H groups in total. The molecular weight excluding hydrogens is 545 g/mol. The number of rotatable bonds is 10. The maximum absolute atomic E-state index is 13.3. The van der Waals surface area contributed by atoms with Crippen molar-refractivity contribution in [2.75, 3.05) is 24.4 Å². The van der Waals surface area contributed by atoms with Gasteiger partial charge in [-0.25, -0.2) is 24.9 Å². The second kappa shape index (κ2) is 11.4. The van der Waals surface area contributed by atoms with Crippen molar-refractivity contribution in [3.63, 3.8) is 0 Å². The summed E-state index contributed by atoms with van der Waals surface area (Å²) in [4.78, 5) is 28.0. The van der Waals surface area contributed by atoms with Gasteiger partial charge in [-0.05, 0) is 32.3 Å². The molecule has 1 saturated carbocycles. The van der Waals surface area contributed by atoms with Crippen LogP contribution in [0.15, 0.2) is 43.1 Å². The number of anilines is 1. The monoisotopic (exact) mass is 572 g/mol. The summed E-state index contributed by atoms with van der Waals surface area (Å²) in [6.45, 7) is 4.51. The van der Waals surface area contributed by atoms with Crippen molar-refractivity contribution < 1.29 is 17.9 Å². The van der Waals surface area contributed by atoms with Crippen molar-refractivity contribution >= 4 is 17.5 Å². The van der Waals surface area contributed by atoms with Crippen molar-refractivity contribution in [2.24, 2.45) is 0 Å². The Balaban J connectivity index is 1.42. The van der Waals surface area contributed by atoms with Gasteiger partial charge in [0, 0.05) is 42.7 Å². The summed E-state index contributed by atoms with van der Waals surface area (Å²) >= 11 is 6.13. The molecule has 13 heteroatoms. The van der Waals surface area contributed by atoms with Crippen molar-refractivity contribution in [3.8, 4) is 28.7 Å². The normalized spacial score (nSPS) is 13.6. The van der Waals surface area contributed by atoms with Gasteiger partial charge < -0.3 is 14.2 Å². The van der Waals surface area contributed by atoms with E-state index < -0.39 is 11.9 Å². The van der Waals surface area contributed by atoms with Crippen LogP contribution < -0.4 is 9.64 Å². The van der Waals surface area contributed by atoms with Crippen LogP contribution in [0, 0.1) is 0 Å². The molecule has 0 unspecified atom stereocenters. The van der Waals surface area contributed by atoms with Crippen molar-refractivity contribution in [2.45, 2.75) is 51.4 Å². The van der Waals surface area contributed by atoms with Crippen LogP contribution in [0.3, 0.4) is 0 Å². The van der Waals surface area contributed by atoms with Gasteiger partial charge in [-0.15, -0.1) is 11.6 Å². The fourth-order valence-electron chi connectivity index (χ4n) is 4.44. The maximum Gasteiger partial charge on any atom is 0.434 e. The molecule has 0 bridgehead atoms. The highest BCUT2D eigenvalue weighted by molar-refractivity contribution is 6.18. The number of nitrogens with zero attached hydrogens (tertiary/aromatic N) is 8. The number of hydrogen-bond acceptors (Lipinski definition) is 8. The standard InChI is InChI=1S/C27H28ClF3N8O/c1-16(2)39-13-20(27(29,30)31)36-24(39)19-6-4-17(5-7-19)12-38(11-10-28)26-35-15-33-23(37-26)21-22(18-8-9-18)32-14-34-25(21)40-3/h4-7,13-16,18H,8-12H2,1-3H3. The summed E-state index contributed by atoms with van der Waals surface area (Å²) in [6.07, 6.45) is 1.53. The fourth-order valence-corrected chi connectivity index (χ4v) is 4.65. The number of ether oxygens (including phenoxy) is 1. The molecule has 1 fully saturated rings. The molecule has 0 amide bonds. The van der Waals surface area contributed by atoms with Crippen LogP contribution >= 0.6 is 11.6 Å². The van der Waals surface area contributed by atoms with E-state index in [0.29, 0.717) is 53.7 Å². The zero-order valence-electron chi connectivity index (χ0n) is 22.2. The molecule has 0 saturated heterocycles. The molecule has 0 spiro atoms. The fraction of sp³-hybridized carbons (Fsp3) is 0.407. The lowest BCUT2D eigenvalue weighted by molar-refractivity contribution is -0.140. The Morgan fingerprint density at radius 2 is 1.77 bits per heavy atom. The SMILES string of the molecule is COc1ncnc(C2CC2)c1-c1ncnc(N(CCCl)Cc2ccc(-c3nc(C(F)(F)F)cn3C(C)C)cc2)n1. The van der Waals surface area contributed by atoms with E-state index in [9.17, 15) is 13.2 Å². The van der Waals surface area contributed by atoms with Crippen LogP contribution in [0.1, 0.15) is 55.6 Å². The summed E-state index contributed by atoms with van der Waals surface area (Å²) in [7, 11) is 1.55. The number of methoxy groups -OCH3 is 1. The molecule has 1 aliphatic carbocycles. The molecular formula is C27H28ClF3N8O. The van der Waals surface area contributed by atoms with Gasteiger partial charge >= 0.3 is 6.18 Å². The van der Waals surface area contributed by atoms with Gasteiger partial charge in [0.2, 0.25) is 11.8 Å². The summed E-state index contributed by atoms with van der Waals surface area (Å²) in [5.41, 5.74) is 2.09. The van der Waals surface area contributed by atoms with Gasteiger partial charge in [0.25, 0.3) is 0 Å². The second-order valence-corrected chi connectivity index (χ2v) is 10.2. The Hall–Kier alpha value is -3.80. The first-order valence-corrected chi connectivity index (χ1v) is 13.4. The average molecular weight is 573 g/mol. The quantitative estimate of drug-likeness (QED) is 0.216. The molecule has 4 aromatic rings. The predicted molar refractivity (Wildman–Crippen MR) is 144 cm³/mol. The van der Waals surface area contributed by atoms with Crippen LogP contribution in [-0.4, -0.2) is 54.0 Å². The number of benzene rings is 1. The van der Waals surface area contributed by atoms with E-state index >= 15 is 0 Å². The number of halogens is 4. The Morgan fingerprint density at radius 1 is 1.05 bits per heavy atom. The lowest BCUT2D eigenvalue weighted by Crippen LogP contribution is -2.27. The second-order valence-electron chi connectivity index (χ2n) is 9.78. The van der Waals surface area contributed by atoms with Crippen LogP contribution in [0.25, 0.3) is 22.8 Å². The molecule has 40 heavy (non-hydrogen) atoms. The summed E-state index contributed by atoms with van der Waals surface area (Å²) in [6, 6.07) is 7.05. The first-order chi connectivity index (χ1) is 19.2. The minimum atomic E-state index is -4.52. The summed E-state index contributed by atoms with van der Waals surface area (Å²) in [5, 5.41) is 0. The lowest BCUT2D eigenvalue weighted by Gasteiger charge is -2.22. The zero-order chi connectivity index (χ0) is 28.4. The van der Waals surface area contributed by atoms with Gasteiger partial charge in [0.15, 0.2) is 11.5 Å². The van der Waals surface area contributed by atoms with Gasteiger partial charge in [-0.1, -0.05) is 24.3 Å². The highest BCUT2D eigenvalue weighted by Gasteiger charge is 2.35. The van der Waals surface area contributed by atoms with Crippen LogP contribution in [-0.2, 0) is 12.7 Å². The third-order valence-electron chi connectivity index (χ3n) is 6.58. The van der Waals surface area contributed by atoms with E-state index in [0.717, 1.165) is 30.3 Å². The van der Waals surface area contributed by atoms with Crippen LogP contribution in [0.4, 0.5) is 19.1 Å². The molecule has 5 rings (SSSR count). The molecule has 1 aliphatic rings. The molecule has 1 aromatic carbocycles. The van der Waals surface area contributed by atoms with E-state index in [1.807, 2.05) is 30.9 Å². The Morgan fingerprint density at radius 3 is 2.40 bits per heavy atom. The summed E-state index contributed by atoms with van der Waals surface area (Å²) in [5.74, 6) is 2.16. The van der Waals surface area contributed by atoms with Gasteiger partial charge in [0.1, 0.15) is 24.0 Å². The molecule has 0 radical (unpaired) electrons. The molecule has 3 heterocycles. The highest BCUT2D eigenvalue weighted by atomic mass is 35.5. The molecule has 9 nitrogen and oxygen atoms in total. The van der Waals surface area contributed by atoms with E-state index in [1.54, 1.807) is 19.2 Å². The largest absolute Gasteiger partial charge is 0.480 e. The number of aromatic nitrogens is 7. The number of alkyl halides is 4. The lowest BCUT2D eigenvalue weighted by atomic mass is 10.1. The Kier molecular flexibility index (Phi) is 7.88. The number of imidazole rings is 1. The number of hydrogen-bond donors (Lipinski definition) is 0. The van der Waals surface area contributed by atoms with Crippen molar-refractivity contribution in [1.29, 1.82) is 0 Å². The summed E-state index contributed by atoms with van der Waals surface area (Å²) < 4.78 is 47.0. The van der Waals surface area contributed by atoms with Gasteiger partial charge in [0.05, 0.1) is 12.8 Å². The molecule has 3 aromatic heterocycles. The Labute approximate surface area is 234 Å². The minimum Gasteiger partial charge on any atom is -0.480 e. The smallest absolute Gasteiger partial charge is 0.434 e. The van der Waals surface area contributed by atoms with Gasteiger partial charge in [-0.2, -0.15) is 18.2 Å².